The van der Waals surface area contributed by atoms with Crippen molar-refractivity contribution in [3.63, 3.8) is 0 Å². The van der Waals surface area contributed by atoms with E-state index in [1.807, 2.05) is 4.90 Å². The van der Waals surface area contributed by atoms with Crippen LogP contribution >= 0.6 is 0 Å². The zero-order valence-electron chi connectivity index (χ0n) is 21.3. The van der Waals surface area contributed by atoms with Crippen molar-refractivity contribution in [1.29, 1.82) is 0 Å². The Morgan fingerprint density at radius 1 is 0.895 bits per heavy atom. The number of alkyl halides is 3. The average Bonchev–Trinajstić information content (AvgIpc) is 3.56. The number of aromatic nitrogens is 2. The summed E-state index contributed by atoms with van der Waals surface area (Å²) >= 11 is 0. The number of nitrogens with zero attached hydrogens (tertiary/aromatic N) is 5. The molecule has 0 spiro atoms. The van der Waals surface area contributed by atoms with Crippen molar-refractivity contribution in [3.8, 4) is 0 Å². The fourth-order valence-electron chi connectivity index (χ4n) is 5.51. The third-order valence-corrected chi connectivity index (χ3v) is 7.56. The summed E-state index contributed by atoms with van der Waals surface area (Å²) in [6, 6.07) is 3.13. The summed E-state index contributed by atoms with van der Waals surface area (Å²) in [5, 5.41) is 2.46. The maximum absolute atomic E-state index is 13.6. The van der Waals surface area contributed by atoms with Crippen LogP contribution in [0, 0.1) is 5.92 Å². The van der Waals surface area contributed by atoms with Crippen LogP contribution in [0.2, 0.25) is 0 Å². The first-order chi connectivity index (χ1) is 18.3. The third kappa shape index (κ3) is 5.88. The SMILES string of the molecule is O=C(Nc1ccc(N2CCCN(C(=O)C3CCCC3)CC2)nc1)c1oc(N2CCCCC2)nc1C(F)(F)F. The number of anilines is 3. The molecular weight excluding hydrogens is 501 g/mol. The van der Waals surface area contributed by atoms with Crippen LogP contribution in [-0.2, 0) is 11.0 Å². The predicted octanol–water partition coefficient (Wildman–Crippen LogP) is 4.56. The van der Waals surface area contributed by atoms with Crippen LogP contribution < -0.4 is 15.1 Å². The highest BCUT2D eigenvalue weighted by atomic mass is 19.4. The molecule has 2 aromatic rings. The summed E-state index contributed by atoms with van der Waals surface area (Å²) in [6.45, 7) is 3.79. The first kappa shape index (κ1) is 26.3. The lowest BCUT2D eigenvalue weighted by atomic mass is 10.1. The van der Waals surface area contributed by atoms with E-state index in [1.54, 1.807) is 17.0 Å². The van der Waals surface area contributed by atoms with Crippen LogP contribution in [0.25, 0.3) is 0 Å². The van der Waals surface area contributed by atoms with E-state index in [0.29, 0.717) is 32.0 Å². The number of carbonyl (C=O) groups is 2. The van der Waals surface area contributed by atoms with Crippen LogP contribution in [0.5, 0.6) is 0 Å². The number of hydrogen-bond donors (Lipinski definition) is 1. The van der Waals surface area contributed by atoms with E-state index in [-0.39, 0.29) is 23.5 Å². The van der Waals surface area contributed by atoms with Gasteiger partial charge in [-0.3, -0.25) is 9.59 Å². The monoisotopic (exact) mass is 534 g/mol. The zero-order valence-corrected chi connectivity index (χ0v) is 21.3. The Morgan fingerprint density at radius 2 is 1.63 bits per heavy atom. The van der Waals surface area contributed by atoms with E-state index in [9.17, 15) is 22.8 Å². The van der Waals surface area contributed by atoms with Crippen molar-refractivity contribution in [3.05, 3.63) is 29.8 Å². The topological polar surface area (TPSA) is 94.8 Å². The van der Waals surface area contributed by atoms with Crippen LogP contribution in [0.4, 0.5) is 30.7 Å². The minimum Gasteiger partial charge on any atom is -0.417 e. The second-order valence-corrected chi connectivity index (χ2v) is 10.2. The second-order valence-electron chi connectivity index (χ2n) is 10.2. The molecule has 5 rings (SSSR count). The number of rotatable bonds is 5. The van der Waals surface area contributed by atoms with Crippen molar-refractivity contribution in [2.75, 3.05) is 54.4 Å². The zero-order chi connectivity index (χ0) is 26.7. The van der Waals surface area contributed by atoms with Gasteiger partial charge in [0.25, 0.3) is 11.9 Å². The van der Waals surface area contributed by atoms with Crippen molar-refractivity contribution in [1.82, 2.24) is 14.9 Å². The quantitative estimate of drug-likeness (QED) is 0.601. The van der Waals surface area contributed by atoms with Crippen molar-refractivity contribution in [2.45, 2.75) is 57.5 Å². The minimum atomic E-state index is -4.83. The van der Waals surface area contributed by atoms with E-state index in [1.165, 1.54) is 6.20 Å². The summed E-state index contributed by atoms with van der Waals surface area (Å²) in [5.74, 6) is -0.800. The number of piperidine rings is 1. The molecule has 206 valence electrons. The fourth-order valence-corrected chi connectivity index (χ4v) is 5.51. The van der Waals surface area contributed by atoms with Gasteiger partial charge in [-0.2, -0.15) is 18.2 Å². The number of hydrogen-bond acceptors (Lipinski definition) is 7. The van der Waals surface area contributed by atoms with Crippen molar-refractivity contribution >= 4 is 29.3 Å². The number of amides is 2. The van der Waals surface area contributed by atoms with Gasteiger partial charge in [0.2, 0.25) is 11.7 Å². The third-order valence-electron chi connectivity index (χ3n) is 7.56. The first-order valence-corrected chi connectivity index (χ1v) is 13.4. The number of nitrogens with one attached hydrogen (secondary N) is 1. The molecule has 3 fully saturated rings. The molecule has 3 aliphatic rings. The van der Waals surface area contributed by atoms with Gasteiger partial charge in [0.15, 0.2) is 5.69 Å². The molecule has 38 heavy (non-hydrogen) atoms. The van der Waals surface area contributed by atoms with Crippen molar-refractivity contribution < 1.29 is 27.2 Å². The Morgan fingerprint density at radius 3 is 2.32 bits per heavy atom. The molecule has 0 bridgehead atoms. The lowest BCUT2D eigenvalue weighted by molar-refractivity contribution is -0.141. The number of pyridine rings is 1. The van der Waals surface area contributed by atoms with Gasteiger partial charge in [-0.05, 0) is 50.7 Å². The van der Waals surface area contributed by atoms with E-state index < -0.39 is 23.5 Å². The molecule has 2 saturated heterocycles. The van der Waals surface area contributed by atoms with E-state index in [0.717, 1.165) is 64.5 Å². The largest absolute Gasteiger partial charge is 0.437 e. The maximum Gasteiger partial charge on any atom is 0.437 e. The number of oxazole rings is 1. The van der Waals surface area contributed by atoms with Crippen LogP contribution in [0.3, 0.4) is 0 Å². The van der Waals surface area contributed by atoms with Crippen LogP contribution in [0.1, 0.15) is 67.6 Å². The summed E-state index contributed by atoms with van der Waals surface area (Å²) in [4.78, 5) is 39.3. The van der Waals surface area contributed by atoms with Crippen molar-refractivity contribution in [2.24, 2.45) is 5.92 Å². The molecule has 2 aliphatic heterocycles. The van der Waals surface area contributed by atoms with Gasteiger partial charge in [0.05, 0.1) is 11.9 Å². The van der Waals surface area contributed by atoms with Gasteiger partial charge < -0.3 is 24.4 Å². The molecule has 9 nitrogen and oxygen atoms in total. The van der Waals surface area contributed by atoms with Gasteiger partial charge in [0.1, 0.15) is 5.82 Å². The molecular formula is C26H33F3N6O3. The summed E-state index contributed by atoms with van der Waals surface area (Å²) in [7, 11) is 0. The first-order valence-electron chi connectivity index (χ1n) is 13.4. The van der Waals surface area contributed by atoms with E-state index in [2.05, 4.69) is 20.2 Å². The summed E-state index contributed by atoms with van der Waals surface area (Å²) in [6.07, 6.45) is 4.26. The Labute approximate surface area is 219 Å². The maximum atomic E-state index is 13.6. The molecule has 0 atom stereocenters. The minimum absolute atomic E-state index is 0.153. The van der Waals surface area contributed by atoms with Gasteiger partial charge in [0, 0.05) is 45.2 Å². The Hall–Kier alpha value is -3.31. The van der Waals surface area contributed by atoms with E-state index >= 15 is 0 Å². The lowest BCUT2D eigenvalue weighted by Gasteiger charge is -2.25. The standard InChI is InChI=1S/C26H33F3N6O3/c27-26(28,29)22-21(38-25(32-22)35-11-4-1-5-12-35)23(36)31-19-9-10-20(30-17-19)33-13-6-14-34(16-15-33)24(37)18-7-2-3-8-18/h9-10,17-18H,1-8,11-16H2,(H,31,36). The molecule has 2 aromatic heterocycles. The summed E-state index contributed by atoms with van der Waals surface area (Å²) < 4.78 is 46.2. The highest BCUT2D eigenvalue weighted by molar-refractivity contribution is 6.03. The van der Waals surface area contributed by atoms with Gasteiger partial charge in [-0.1, -0.05) is 12.8 Å². The smallest absolute Gasteiger partial charge is 0.417 e. The van der Waals surface area contributed by atoms with Gasteiger partial charge >= 0.3 is 6.18 Å². The lowest BCUT2D eigenvalue weighted by Crippen LogP contribution is -2.38. The normalized spacial score (nSPS) is 19.5. The molecule has 0 radical (unpaired) electrons. The molecule has 1 saturated carbocycles. The second kappa shape index (κ2) is 11.2. The Balaban J connectivity index is 1.23. The molecule has 0 aromatic carbocycles. The number of carbonyl (C=O) groups excluding carboxylic acids is 2. The summed E-state index contributed by atoms with van der Waals surface area (Å²) in [5.41, 5.74) is -1.09. The average molecular weight is 535 g/mol. The van der Waals surface area contributed by atoms with Crippen LogP contribution in [-0.4, -0.2) is 66.0 Å². The van der Waals surface area contributed by atoms with Gasteiger partial charge in [-0.15, -0.1) is 0 Å². The Kier molecular flexibility index (Phi) is 7.75. The highest BCUT2D eigenvalue weighted by Gasteiger charge is 2.42. The molecule has 1 aliphatic carbocycles. The number of halogens is 3. The molecule has 4 heterocycles. The van der Waals surface area contributed by atoms with E-state index in [4.69, 9.17) is 4.42 Å². The predicted molar refractivity (Wildman–Crippen MR) is 135 cm³/mol. The van der Waals surface area contributed by atoms with Crippen LogP contribution in [0.15, 0.2) is 22.7 Å². The molecule has 12 heteroatoms. The fraction of sp³-hybridized carbons (Fsp3) is 0.615. The molecule has 1 N–H and O–H groups in total. The van der Waals surface area contributed by atoms with Gasteiger partial charge in [-0.25, -0.2) is 4.98 Å². The molecule has 0 unspecified atom stereocenters. The molecule has 2 amide bonds. The highest BCUT2D eigenvalue weighted by Crippen LogP contribution is 2.35. The Bertz CT molecular complexity index is 1120.